The van der Waals surface area contributed by atoms with E-state index in [-0.39, 0.29) is 0 Å². The van der Waals surface area contributed by atoms with Crippen LogP contribution in [-0.2, 0) is 19.5 Å². The van der Waals surface area contributed by atoms with E-state index in [1.807, 2.05) is 7.05 Å². The molecule has 0 spiro atoms. The SMILES string of the molecule is CN=C(NCCc1nc(C)c(C)s1)NCc1ccc(CN2CCCC2)cc1. The Bertz CT molecular complexity index is 725. The highest BCUT2D eigenvalue weighted by molar-refractivity contribution is 7.11. The van der Waals surface area contributed by atoms with Crippen LogP contribution in [-0.4, -0.2) is 42.5 Å². The molecule has 0 amide bonds. The molecule has 1 aliphatic heterocycles. The van der Waals surface area contributed by atoms with Gasteiger partial charge in [-0.05, 0) is 50.9 Å². The Hall–Kier alpha value is -1.92. The zero-order valence-electron chi connectivity index (χ0n) is 16.7. The lowest BCUT2D eigenvalue weighted by Gasteiger charge is -2.15. The summed E-state index contributed by atoms with van der Waals surface area (Å²) in [5, 5.41) is 7.95. The van der Waals surface area contributed by atoms with Crippen molar-refractivity contribution in [1.82, 2.24) is 20.5 Å². The largest absolute Gasteiger partial charge is 0.356 e. The summed E-state index contributed by atoms with van der Waals surface area (Å²) in [4.78, 5) is 12.7. The molecule has 3 rings (SSSR count). The molecule has 1 aromatic carbocycles. The molecule has 0 bridgehead atoms. The predicted octanol–water partition coefficient (Wildman–Crippen LogP) is 3.26. The molecule has 2 N–H and O–H groups in total. The number of aryl methyl sites for hydroxylation is 2. The van der Waals surface area contributed by atoms with Gasteiger partial charge in [0.15, 0.2) is 5.96 Å². The molecule has 146 valence electrons. The van der Waals surface area contributed by atoms with E-state index in [9.17, 15) is 0 Å². The molecular weight excluding hydrogens is 354 g/mol. The first kappa shape index (κ1) is 19.8. The fourth-order valence-corrected chi connectivity index (χ4v) is 4.24. The minimum absolute atomic E-state index is 0.777. The van der Waals surface area contributed by atoms with Gasteiger partial charge >= 0.3 is 0 Å². The molecule has 1 aromatic heterocycles. The van der Waals surface area contributed by atoms with Crippen LogP contribution in [0.1, 0.15) is 39.5 Å². The van der Waals surface area contributed by atoms with Gasteiger partial charge in [0.1, 0.15) is 0 Å². The topological polar surface area (TPSA) is 52.6 Å². The Morgan fingerprint density at radius 3 is 2.44 bits per heavy atom. The van der Waals surface area contributed by atoms with Crippen LogP contribution in [0.4, 0.5) is 0 Å². The van der Waals surface area contributed by atoms with Crippen molar-refractivity contribution in [3.8, 4) is 0 Å². The summed E-state index contributed by atoms with van der Waals surface area (Å²) >= 11 is 1.78. The molecule has 0 radical (unpaired) electrons. The zero-order valence-corrected chi connectivity index (χ0v) is 17.5. The van der Waals surface area contributed by atoms with Crippen molar-refractivity contribution in [3.05, 3.63) is 51.0 Å². The number of hydrogen-bond donors (Lipinski definition) is 2. The molecule has 5 nitrogen and oxygen atoms in total. The molecule has 1 saturated heterocycles. The Morgan fingerprint density at radius 2 is 1.81 bits per heavy atom. The van der Waals surface area contributed by atoms with Gasteiger partial charge in [0.25, 0.3) is 0 Å². The summed E-state index contributed by atoms with van der Waals surface area (Å²) in [6, 6.07) is 8.93. The summed E-state index contributed by atoms with van der Waals surface area (Å²) in [5.41, 5.74) is 3.82. The van der Waals surface area contributed by atoms with Crippen LogP contribution >= 0.6 is 11.3 Å². The second kappa shape index (κ2) is 9.85. The Kier molecular flexibility index (Phi) is 7.24. The number of thiazole rings is 1. The normalized spacial score (nSPS) is 15.3. The fourth-order valence-electron chi connectivity index (χ4n) is 3.30. The third-order valence-corrected chi connectivity index (χ3v) is 6.15. The summed E-state index contributed by atoms with van der Waals surface area (Å²) in [5.74, 6) is 0.834. The molecule has 2 aromatic rings. The molecular formula is C21H31N5S. The minimum Gasteiger partial charge on any atom is -0.356 e. The summed E-state index contributed by atoms with van der Waals surface area (Å²) in [6.07, 6.45) is 3.61. The van der Waals surface area contributed by atoms with Gasteiger partial charge in [-0.3, -0.25) is 9.89 Å². The van der Waals surface area contributed by atoms with Crippen molar-refractivity contribution < 1.29 is 0 Å². The number of aliphatic imine (C=N–C) groups is 1. The Labute approximate surface area is 166 Å². The van der Waals surface area contributed by atoms with Crippen molar-refractivity contribution in [2.24, 2.45) is 4.99 Å². The van der Waals surface area contributed by atoms with E-state index >= 15 is 0 Å². The first-order valence-electron chi connectivity index (χ1n) is 9.81. The van der Waals surface area contributed by atoms with Gasteiger partial charge in [0, 0.05) is 38.0 Å². The summed E-state index contributed by atoms with van der Waals surface area (Å²) in [6.45, 7) is 9.37. The van der Waals surface area contributed by atoms with Crippen LogP contribution in [0, 0.1) is 13.8 Å². The van der Waals surface area contributed by atoms with Gasteiger partial charge in [-0.2, -0.15) is 0 Å². The number of aromatic nitrogens is 1. The average Bonchev–Trinajstić information content (AvgIpc) is 3.29. The number of benzene rings is 1. The molecule has 0 atom stereocenters. The first-order valence-corrected chi connectivity index (χ1v) is 10.6. The second-order valence-corrected chi connectivity index (χ2v) is 8.44. The van der Waals surface area contributed by atoms with Crippen LogP contribution in [0.15, 0.2) is 29.3 Å². The van der Waals surface area contributed by atoms with Crippen molar-refractivity contribution >= 4 is 17.3 Å². The number of nitrogens with one attached hydrogen (secondary N) is 2. The van der Waals surface area contributed by atoms with Gasteiger partial charge in [-0.25, -0.2) is 4.98 Å². The van der Waals surface area contributed by atoms with E-state index in [0.29, 0.717) is 0 Å². The molecule has 1 aliphatic rings. The van der Waals surface area contributed by atoms with Crippen LogP contribution in [0.5, 0.6) is 0 Å². The number of rotatable bonds is 7. The lowest BCUT2D eigenvalue weighted by molar-refractivity contribution is 0.331. The van der Waals surface area contributed by atoms with Crippen molar-refractivity contribution in [2.75, 3.05) is 26.7 Å². The first-order chi connectivity index (χ1) is 13.1. The molecule has 0 aliphatic carbocycles. The van der Waals surface area contributed by atoms with E-state index in [1.165, 1.54) is 46.9 Å². The van der Waals surface area contributed by atoms with E-state index in [1.54, 1.807) is 11.3 Å². The lowest BCUT2D eigenvalue weighted by atomic mass is 10.1. The van der Waals surface area contributed by atoms with E-state index in [0.717, 1.165) is 37.7 Å². The van der Waals surface area contributed by atoms with Crippen molar-refractivity contribution in [1.29, 1.82) is 0 Å². The maximum absolute atomic E-state index is 4.59. The summed E-state index contributed by atoms with van der Waals surface area (Å²) in [7, 11) is 1.81. The van der Waals surface area contributed by atoms with E-state index in [2.05, 4.69) is 63.6 Å². The van der Waals surface area contributed by atoms with Crippen LogP contribution in [0.25, 0.3) is 0 Å². The van der Waals surface area contributed by atoms with Crippen LogP contribution < -0.4 is 10.6 Å². The number of likely N-dealkylation sites (tertiary alicyclic amines) is 1. The Morgan fingerprint density at radius 1 is 1.11 bits per heavy atom. The van der Waals surface area contributed by atoms with Gasteiger partial charge in [-0.1, -0.05) is 24.3 Å². The highest BCUT2D eigenvalue weighted by Gasteiger charge is 2.11. The molecule has 2 heterocycles. The number of nitrogens with zero attached hydrogens (tertiary/aromatic N) is 3. The van der Waals surface area contributed by atoms with E-state index in [4.69, 9.17) is 0 Å². The van der Waals surface area contributed by atoms with Crippen LogP contribution in [0.3, 0.4) is 0 Å². The summed E-state index contributed by atoms with van der Waals surface area (Å²) < 4.78 is 0. The van der Waals surface area contributed by atoms with E-state index < -0.39 is 0 Å². The zero-order chi connectivity index (χ0) is 19.1. The molecule has 1 fully saturated rings. The standard InChI is InChI=1S/C21H31N5S/c1-16-17(2)27-20(25-16)10-11-23-21(22-3)24-14-18-6-8-19(9-7-18)15-26-12-4-5-13-26/h6-9H,4-5,10-15H2,1-3H3,(H2,22,23,24). The minimum atomic E-state index is 0.777. The second-order valence-electron chi connectivity index (χ2n) is 7.15. The maximum atomic E-state index is 4.59. The highest BCUT2D eigenvalue weighted by atomic mass is 32.1. The van der Waals surface area contributed by atoms with Crippen molar-refractivity contribution in [2.45, 2.75) is 46.2 Å². The predicted molar refractivity (Wildman–Crippen MR) is 114 cm³/mol. The van der Waals surface area contributed by atoms with Gasteiger partial charge in [0.05, 0.1) is 10.7 Å². The molecule has 0 unspecified atom stereocenters. The average molecular weight is 386 g/mol. The number of guanidine groups is 1. The monoisotopic (exact) mass is 385 g/mol. The van der Waals surface area contributed by atoms with Gasteiger partial charge < -0.3 is 10.6 Å². The van der Waals surface area contributed by atoms with Crippen molar-refractivity contribution in [3.63, 3.8) is 0 Å². The molecule has 0 saturated carbocycles. The van der Waals surface area contributed by atoms with Gasteiger partial charge in [-0.15, -0.1) is 11.3 Å². The molecule has 6 heteroatoms. The quantitative estimate of drug-likeness (QED) is 0.567. The maximum Gasteiger partial charge on any atom is 0.191 e. The third-order valence-electron chi connectivity index (χ3n) is 5.02. The Balaban J connectivity index is 1.40. The smallest absolute Gasteiger partial charge is 0.191 e. The third kappa shape index (κ3) is 6.04. The van der Waals surface area contributed by atoms with Crippen LogP contribution in [0.2, 0.25) is 0 Å². The highest BCUT2D eigenvalue weighted by Crippen LogP contribution is 2.16. The van der Waals surface area contributed by atoms with Gasteiger partial charge in [0.2, 0.25) is 0 Å². The molecule has 27 heavy (non-hydrogen) atoms. The fraction of sp³-hybridized carbons (Fsp3) is 0.524. The number of hydrogen-bond acceptors (Lipinski definition) is 4. The lowest BCUT2D eigenvalue weighted by Crippen LogP contribution is -2.37.